The van der Waals surface area contributed by atoms with Gasteiger partial charge in [0.15, 0.2) is 0 Å². The molecule has 0 radical (unpaired) electrons. The van der Waals surface area contributed by atoms with Gasteiger partial charge in [0.25, 0.3) is 5.91 Å². The number of benzene rings is 1. The summed E-state index contributed by atoms with van der Waals surface area (Å²) >= 11 is 3.32. The molecule has 0 spiro atoms. The quantitative estimate of drug-likeness (QED) is 0.848. The molecule has 0 fully saturated rings. The number of hydrogen-bond acceptors (Lipinski definition) is 2. The smallest absolute Gasteiger partial charge is 0.253 e. The highest BCUT2D eigenvalue weighted by Crippen LogP contribution is 2.21. The minimum atomic E-state index is 0.0557. The maximum atomic E-state index is 12.2. The van der Waals surface area contributed by atoms with Gasteiger partial charge in [0.05, 0.1) is 0 Å². The first-order valence-corrected chi connectivity index (χ1v) is 6.73. The fourth-order valence-electron chi connectivity index (χ4n) is 1.61. The lowest BCUT2D eigenvalue weighted by molar-refractivity contribution is 0.0762. The molecule has 0 aliphatic heterocycles. The van der Waals surface area contributed by atoms with Gasteiger partial charge in [-0.3, -0.25) is 4.79 Å². The zero-order chi connectivity index (χ0) is 12.8. The topological polar surface area (TPSA) is 46.3 Å². The summed E-state index contributed by atoms with van der Waals surface area (Å²) in [6.45, 7) is 5.66. The van der Waals surface area contributed by atoms with Gasteiger partial charge in [0, 0.05) is 28.8 Å². The number of nitrogens with two attached hydrogens (primary N) is 1. The second kappa shape index (κ2) is 6.64. The molecule has 1 aromatic carbocycles. The highest BCUT2D eigenvalue weighted by atomic mass is 79.9. The van der Waals surface area contributed by atoms with Crippen LogP contribution in [0.3, 0.4) is 0 Å². The third-order valence-corrected chi connectivity index (χ3v) is 3.42. The molecule has 0 bridgehead atoms. The summed E-state index contributed by atoms with van der Waals surface area (Å²) in [5.74, 6) is 0.0557. The molecule has 0 heterocycles. The van der Waals surface area contributed by atoms with E-state index in [1.165, 1.54) is 0 Å². The number of carbonyl (C=O) groups is 1. The van der Waals surface area contributed by atoms with Crippen molar-refractivity contribution >= 4 is 27.5 Å². The summed E-state index contributed by atoms with van der Waals surface area (Å²) in [7, 11) is 0. The molecule has 0 saturated heterocycles. The van der Waals surface area contributed by atoms with Crippen molar-refractivity contribution in [3.05, 3.63) is 28.2 Å². The van der Waals surface area contributed by atoms with Gasteiger partial charge in [0.1, 0.15) is 0 Å². The fourth-order valence-corrected chi connectivity index (χ4v) is 1.86. The molecule has 0 saturated carbocycles. The van der Waals surface area contributed by atoms with Crippen molar-refractivity contribution in [2.75, 3.05) is 18.8 Å². The maximum absolute atomic E-state index is 12.2. The van der Waals surface area contributed by atoms with Crippen LogP contribution in [0.1, 0.15) is 37.0 Å². The van der Waals surface area contributed by atoms with E-state index in [-0.39, 0.29) is 5.91 Å². The maximum Gasteiger partial charge on any atom is 0.253 e. The van der Waals surface area contributed by atoms with E-state index in [2.05, 4.69) is 22.9 Å². The Bertz CT molecular complexity index is 393. The van der Waals surface area contributed by atoms with Crippen LogP contribution in [0.15, 0.2) is 22.7 Å². The van der Waals surface area contributed by atoms with Crippen LogP contribution in [-0.4, -0.2) is 23.9 Å². The van der Waals surface area contributed by atoms with E-state index in [1.807, 2.05) is 17.9 Å². The summed E-state index contributed by atoms with van der Waals surface area (Å²) in [4.78, 5) is 14.1. The first-order valence-electron chi connectivity index (χ1n) is 5.94. The number of carbonyl (C=O) groups excluding carboxylic acids is 1. The second-order valence-electron chi connectivity index (χ2n) is 3.97. The molecule has 0 unspecified atom stereocenters. The van der Waals surface area contributed by atoms with Crippen molar-refractivity contribution in [1.82, 2.24) is 4.90 Å². The molecule has 1 rings (SSSR count). The van der Waals surface area contributed by atoms with Gasteiger partial charge in [-0.15, -0.1) is 0 Å². The van der Waals surface area contributed by atoms with Crippen LogP contribution in [0.5, 0.6) is 0 Å². The van der Waals surface area contributed by atoms with Crippen LogP contribution in [0.25, 0.3) is 0 Å². The molecule has 1 amide bonds. The number of amides is 1. The molecule has 0 aromatic heterocycles. The van der Waals surface area contributed by atoms with Crippen molar-refractivity contribution in [3.8, 4) is 0 Å². The molecule has 1 aromatic rings. The van der Waals surface area contributed by atoms with E-state index in [1.54, 1.807) is 12.1 Å². The highest BCUT2D eigenvalue weighted by molar-refractivity contribution is 9.10. The molecule has 3 nitrogen and oxygen atoms in total. The zero-order valence-corrected chi connectivity index (χ0v) is 12.0. The van der Waals surface area contributed by atoms with Crippen molar-refractivity contribution in [2.24, 2.45) is 0 Å². The molecule has 4 heteroatoms. The van der Waals surface area contributed by atoms with Crippen molar-refractivity contribution in [2.45, 2.75) is 26.7 Å². The molecule has 17 heavy (non-hydrogen) atoms. The predicted octanol–water partition coefficient (Wildman–Crippen LogP) is 3.29. The minimum Gasteiger partial charge on any atom is -0.398 e. The fraction of sp³-hybridized carbons (Fsp3) is 0.462. The summed E-state index contributed by atoms with van der Waals surface area (Å²) in [5.41, 5.74) is 7.04. The number of unbranched alkanes of at least 4 members (excludes halogenated alkanes) is 1. The number of hydrogen-bond donors (Lipinski definition) is 1. The van der Waals surface area contributed by atoms with Crippen LogP contribution >= 0.6 is 15.9 Å². The van der Waals surface area contributed by atoms with Gasteiger partial charge in [0.2, 0.25) is 0 Å². The third-order valence-electron chi connectivity index (χ3n) is 2.69. The number of anilines is 1. The van der Waals surface area contributed by atoms with E-state index in [4.69, 9.17) is 5.73 Å². The predicted molar refractivity (Wildman–Crippen MR) is 75.0 cm³/mol. The van der Waals surface area contributed by atoms with E-state index >= 15 is 0 Å². The standard InChI is InChI=1S/C13H19BrN2O/c1-3-5-8-16(4-2)13(17)10-6-7-11(14)12(15)9-10/h6-7,9H,3-5,8,15H2,1-2H3. The van der Waals surface area contributed by atoms with E-state index < -0.39 is 0 Å². The molecule has 0 aliphatic rings. The lowest BCUT2D eigenvalue weighted by Crippen LogP contribution is -2.31. The Balaban J connectivity index is 2.82. The Kier molecular flexibility index (Phi) is 5.48. The van der Waals surface area contributed by atoms with E-state index in [0.717, 1.165) is 30.4 Å². The van der Waals surface area contributed by atoms with Crippen molar-refractivity contribution in [3.63, 3.8) is 0 Å². The van der Waals surface area contributed by atoms with Gasteiger partial charge in [-0.1, -0.05) is 13.3 Å². The number of nitrogens with zero attached hydrogens (tertiary/aromatic N) is 1. The normalized spacial score (nSPS) is 10.3. The summed E-state index contributed by atoms with van der Waals surface area (Å²) < 4.78 is 0.825. The van der Waals surface area contributed by atoms with Gasteiger partial charge < -0.3 is 10.6 Å². The average molecular weight is 299 g/mol. The monoisotopic (exact) mass is 298 g/mol. The highest BCUT2D eigenvalue weighted by Gasteiger charge is 2.14. The van der Waals surface area contributed by atoms with Crippen LogP contribution in [0.4, 0.5) is 5.69 Å². The Hall–Kier alpha value is -1.03. The Morgan fingerprint density at radius 2 is 2.12 bits per heavy atom. The second-order valence-corrected chi connectivity index (χ2v) is 4.83. The van der Waals surface area contributed by atoms with Crippen LogP contribution < -0.4 is 5.73 Å². The number of halogens is 1. The van der Waals surface area contributed by atoms with Crippen LogP contribution in [0, 0.1) is 0 Å². The van der Waals surface area contributed by atoms with Crippen LogP contribution in [-0.2, 0) is 0 Å². The average Bonchev–Trinajstić information content (AvgIpc) is 2.33. The zero-order valence-electron chi connectivity index (χ0n) is 10.4. The van der Waals surface area contributed by atoms with E-state index in [9.17, 15) is 4.79 Å². The SMILES string of the molecule is CCCCN(CC)C(=O)c1ccc(Br)c(N)c1. The third kappa shape index (κ3) is 3.73. The molecule has 2 N–H and O–H groups in total. The Labute approximate surface area is 111 Å². The lowest BCUT2D eigenvalue weighted by Gasteiger charge is -2.20. The summed E-state index contributed by atoms with van der Waals surface area (Å²) in [6.07, 6.45) is 2.12. The Morgan fingerprint density at radius 3 is 2.65 bits per heavy atom. The number of nitrogen functional groups attached to an aromatic ring is 1. The summed E-state index contributed by atoms with van der Waals surface area (Å²) in [6, 6.07) is 5.34. The van der Waals surface area contributed by atoms with Gasteiger partial charge in [-0.25, -0.2) is 0 Å². The van der Waals surface area contributed by atoms with Crippen LogP contribution in [0.2, 0.25) is 0 Å². The first kappa shape index (κ1) is 14.0. The van der Waals surface area contributed by atoms with Crippen molar-refractivity contribution in [1.29, 1.82) is 0 Å². The van der Waals surface area contributed by atoms with Gasteiger partial charge >= 0.3 is 0 Å². The molecule has 0 aliphatic carbocycles. The summed E-state index contributed by atoms with van der Waals surface area (Å²) in [5, 5.41) is 0. The number of rotatable bonds is 5. The van der Waals surface area contributed by atoms with Gasteiger partial charge in [-0.05, 0) is 47.5 Å². The Morgan fingerprint density at radius 1 is 1.41 bits per heavy atom. The van der Waals surface area contributed by atoms with Gasteiger partial charge in [-0.2, -0.15) is 0 Å². The lowest BCUT2D eigenvalue weighted by atomic mass is 10.1. The van der Waals surface area contributed by atoms with Crippen molar-refractivity contribution < 1.29 is 4.79 Å². The largest absolute Gasteiger partial charge is 0.398 e. The molecule has 94 valence electrons. The molecule has 0 atom stereocenters. The minimum absolute atomic E-state index is 0.0557. The van der Waals surface area contributed by atoms with E-state index in [0.29, 0.717) is 11.3 Å². The molecular weight excluding hydrogens is 280 g/mol. The first-order chi connectivity index (χ1) is 8.10. The molecular formula is C13H19BrN2O.